The van der Waals surface area contributed by atoms with Gasteiger partial charge in [-0.3, -0.25) is 9.59 Å². The van der Waals surface area contributed by atoms with Crippen LogP contribution in [0, 0.1) is 11.3 Å². The largest absolute Gasteiger partial charge is 0.573 e. The third-order valence-electron chi connectivity index (χ3n) is 5.79. The summed E-state index contributed by atoms with van der Waals surface area (Å²) in [4.78, 5) is 28.9. The molecule has 1 amide bonds. The summed E-state index contributed by atoms with van der Waals surface area (Å²) in [6.07, 6.45) is -4.55. The number of hydrogen-bond acceptors (Lipinski definition) is 8. The topological polar surface area (TPSA) is 150 Å². The Morgan fingerprint density at radius 2 is 1.81 bits per heavy atom. The number of para-hydroxylation sites is 1. The van der Waals surface area contributed by atoms with Crippen molar-refractivity contribution in [1.29, 1.82) is 5.26 Å². The summed E-state index contributed by atoms with van der Waals surface area (Å²) in [5.74, 6) is -2.36. The normalized spacial score (nSPS) is 12.2. The summed E-state index contributed by atoms with van der Waals surface area (Å²) >= 11 is 5.98. The molecule has 1 atom stereocenters. The van der Waals surface area contributed by atoms with Gasteiger partial charge in [0.1, 0.15) is 28.8 Å². The molecule has 0 fully saturated rings. The maximum atomic E-state index is 13.2. The SMILES string of the molecule is C[C@@](N)(C=O)Nc1cccc(-c2cc(-c3ccc(Cl)cc3O)nc(NC(=O)c3ccccc3OC(F)(F)F)c2C#N)c1.Cl. The molecule has 222 valence electrons. The monoisotopic (exact) mass is 631 g/mol. The number of carbonyl (C=O) groups is 2. The van der Waals surface area contributed by atoms with E-state index in [1.54, 1.807) is 24.3 Å². The van der Waals surface area contributed by atoms with Gasteiger partial charge < -0.3 is 26.2 Å². The number of benzene rings is 3. The number of phenols is 1. The van der Waals surface area contributed by atoms with Crippen molar-refractivity contribution in [2.75, 3.05) is 10.6 Å². The summed E-state index contributed by atoms with van der Waals surface area (Å²) in [7, 11) is 0. The Bertz CT molecular complexity index is 1730. The van der Waals surface area contributed by atoms with E-state index in [1.807, 2.05) is 6.07 Å². The van der Waals surface area contributed by atoms with Crippen molar-refractivity contribution in [2.24, 2.45) is 5.73 Å². The van der Waals surface area contributed by atoms with Gasteiger partial charge in [0.05, 0.1) is 11.3 Å². The highest BCUT2D eigenvalue weighted by molar-refractivity contribution is 6.30. The summed E-state index contributed by atoms with van der Waals surface area (Å²) in [5.41, 5.74) is 5.25. The predicted molar refractivity (Wildman–Crippen MR) is 157 cm³/mol. The van der Waals surface area contributed by atoms with Gasteiger partial charge in [0, 0.05) is 21.8 Å². The quantitative estimate of drug-likeness (QED) is 0.127. The number of rotatable bonds is 8. The first-order valence-electron chi connectivity index (χ1n) is 12.0. The molecular weight excluding hydrogens is 610 g/mol. The number of ether oxygens (including phenoxy) is 1. The maximum Gasteiger partial charge on any atom is 0.573 e. The molecule has 4 rings (SSSR count). The molecule has 1 aromatic heterocycles. The number of aromatic hydroxyl groups is 1. The van der Waals surface area contributed by atoms with Crippen molar-refractivity contribution in [3.8, 4) is 40.0 Å². The van der Waals surface area contributed by atoms with E-state index in [0.29, 0.717) is 17.5 Å². The zero-order chi connectivity index (χ0) is 30.7. The van der Waals surface area contributed by atoms with Crippen LogP contribution >= 0.6 is 24.0 Å². The lowest BCUT2D eigenvalue weighted by atomic mass is 9.97. The third kappa shape index (κ3) is 7.92. The Labute approximate surface area is 254 Å². The van der Waals surface area contributed by atoms with Gasteiger partial charge in [0.2, 0.25) is 0 Å². The van der Waals surface area contributed by atoms with Gasteiger partial charge in [-0.15, -0.1) is 25.6 Å². The number of halogens is 5. The molecule has 9 nitrogen and oxygen atoms in total. The Morgan fingerprint density at radius 3 is 2.47 bits per heavy atom. The van der Waals surface area contributed by atoms with Gasteiger partial charge in [-0.1, -0.05) is 35.9 Å². The lowest BCUT2D eigenvalue weighted by Gasteiger charge is -2.21. The molecule has 4 aromatic rings. The van der Waals surface area contributed by atoms with E-state index in [9.17, 15) is 33.1 Å². The minimum atomic E-state index is -5.06. The molecule has 0 aliphatic heterocycles. The Balaban J connectivity index is 0.00000506. The summed E-state index contributed by atoms with van der Waals surface area (Å²) in [5, 5.41) is 26.2. The fraction of sp³-hybridized carbons (Fsp3) is 0.103. The first-order chi connectivity index (χ1) is 19.8. The van der Waals surface area contributed by atoms with Crippen molar-refractivity contribution < 1.29 is 32.6 Å². The first kappa shape index (κ1) is 32.7. The van der Waals surface area contributed by atoms with Crippen LogP contribution < -0.4 is 21.1 Å². The number of pyridine rings is 1. The van der Waals surface area contributed by atoms with E-state index in [-0.39, 0.29) is 51.4 Å². The van der Waals surface area contributed by atoms with E-state index in [1.165, 1.54) is 43.3 Å². The van der Waals surface area contributed by atoms with Crippen LogP contribution in [0.3, 0.4) is 0 Å². The van der Waals surface area contributed by atoms with E-state index >= 15 is 0 Å². The number of hydrogen-bond donors (Lipinski definition) is 4. The molecule has 14 heteroatoms. The average molecular weight is 632 g/mol. The zero-order valence-corrected chi connectivity index (χ0v) is 23.6. The summed E-state index contributed by atoms with van der Waals surface area (Å²) in [6, 6.07) is 18.9. The molecule has 0 aliphatic carbocycles. The van der Waals surface area contributed by atoms with Crippen LogP contribution in [0.15, 0.2) is 72.8 Å². The molecule has 3 aromatic carbocycles. The molecular formula is C29H22Cl2F3N5O4. The highest BCUT2D eigenvalue weighted by atomic mass is 35.5. The Hall–Kier alpha value is -4.83. The van der Waals surface area contributed by atoms with E-state index in [0.717, 1.165) is 12.1 Å². The van der Waals surface area contributed by atoms with Crippen LogP contribution in [0.1, 0.15) is 22.8 Å². The zero-order valence-electron chi connectivity index (χ0n) is 22.1. The summed E-state index contributed by atoms with van der Waals surface area (Å²) in [6.45, 7) is 1.45. The number of aldehydes is 1. The van der Waals surface area contributed by atoms with Crippen LogP contribution in [-0.4, -0.2) is 34.3 Å². The minimum absolute atomic E-state index is 0. The number of nitrogens with one attached hydrogen (secondary N) is 2. The minimum Gasteiger partial charge on any atom is -0.507 e. The Kier molecular flexibility index (Phi) is 9.88. The van der Waals surface area contributed by atoms with Crippen molar-refractivity contribution in [2.45, 2.75) is 18.9 Å². The fourth-order valence-corrected chi connectivity index (χ4v) is 4.15. The molecule has 0 saturated carbocycles. The molecule has 43 heavy (non-hydrogen) atoms. The molecule has 0 bridgehead atoms. The number of aromatic nitrogens is 1. The smallest absolute Gasteiger partial charge is 0.507 e. The van der Waals surface area contributed by atoms with Crippen LogP contribution in [0.5, 0.6) is 11.5 Å². The lowest BCUT2D eigenvalue weighted by molar-refractivity contribution is -0.274. The van der Waals surface area contributed by atoms with Crippen LogP contribution in [0.25, 0.3) is 22.4 Å². The first-order valence-corrected chi connectivity index (χ1v) is 12.4. The van der Waals surface area contributed by atoms with Crippen molar-refractivity contribution in [3.63, 3.8) is 0 Å². The number of nitrogens with two attached hydrogens (primary N) is 1. The second kappa shape index (κ2) is 13.0. The molecule has 0 saturated heterocycles. The second-order valence-corrected chi connectivity index (χ2v) is 9.59. The van der Waals surface area contributed by atoms with Gasteiger partial charge >= 0.3 is 6.36 Å². The molecule has 5 N–H and O–H groups in total. The number of amides is 1. The molecule has 0 radical (unpaired) electrons. The maximum absolute atomic E-state index is 13.2. The van der Waals surface area contributed by atoms with Gasteiger partial charge in [-0.2, -0.15) is 5.26 Å². The summed E-state index contributed by atoms with van der Waals surface area (Å²) < 4.78 is 42.9. The number of nitriles is 1. The standard InChI is InChI=1S/C29H21ClF3N5O4.ClH/c1-28(35,15-39)38-18-6-4-5-16(11-18)21-13-23(19-10-9-17(30)12-24(19)40)36-26(22(21)14-34)37-27(41)20-7-2-3-8-25(20)42-29(31,32)33;/h2-13,15,38,40H,35H2,1H3,(H,36,37,41);1H/t28-;/m0./s1. The van der Waals surface area contributed by atoms with Crippen LogP contribution in [-0.2, 0) is 4.79 Å². The number of nitrogens with zero attached hydrogens (tertiary/aromatic N) is 2. The van der Waals surface area contributed by atoms with Crippen molar-refractivity contribution >= 4 is 47.7 Å². The van der Waals surface area contributed by atoms with E-state index in [4.69, 9.17) is 17.3 Å². The number of carbonyl (C=O) groups excluding carboxylic acids is 2. The van der Waals surface area contributed by atoms with Crippen molar-refractivity contribution in [3.05, 3.63) is 88.9 Å². The molecule has 0 unspecified atom stereocenters. The lowest BCUT2D eigenvalue weighted by Crippen LogP contribution is -2.46. The van der Waals surface area contributed by atoms with Crippen LogP contribution in [0.4, 0.5) is 24.7 Å². The average Bonchev–Trinajstić information content (AvgIpc) is 2.92. The second-order valence-electron chi connectivity index (χ2n) is 9.16. The van der Waals surface area contributed by atoms with Gasteiger partial charge in [0.15, 0.2) is 12.1 Å². The van der Waals surface area contributed by atoms with Gasteiger partial charge in [-0.05, 0) is 61.0 Å². The van der Waals surface area contributed by atoms with Crippen LogP contribution in [0.2, 0.25) is 5.02 Å². The van der Waals surface area contributed by atoms with E-state index < -0.39 is 29.2 Å². The Morgan fingerprint density at radius 1 is 1.09 bits per heavy atom. The highest BCUT2D eigenvalue weighted by Gasteiger charge is 2.33. The van der Waals surface area contributed by atoms with Gasteiger partial charge in [-0.25, -0.2) is 4.98 Å². The van der Waals surface area contributed by atoms with Crippen molar-refractivity contribution in [1.82, 2.24) is 4.98 Å². The highest BCUT2D eigenvalue weighted by Crippen LogP contribution is 2.37. The molecule has 1 heterocycles. The predicted octanol–water partition coefficient (Wildman–Crippen LogP) is 6.50. The number of alkyl halides is 3. The van der Waals surface area contributed by atoms with E-state index in [2.05, 4.69) is 20.4 Å². The number of anilines is 2. The molecule has 0 spiro atoms. The fourth-order valence-electron chi connectivity index (χ4n) is 3.98. The molecule has 0 aliphatic rings. The third-order valence-corrected chi connectivity index (χ3v) is 6.02. The van der Waals surface area contributed by atoms with Gasteiger partial charge in [0.25, 0.3) is 5.91 Å². The number of phenolic OH excluding ortho intramolecular Hbond substituents is 1.